The SMILES string of the molecule is CCCSc1nc(N[C@@H]2C[C@H](OCCO)[C@@H](O)[C@H]2O)c([N+](=O)[O-])c(N(C)[C@@H]2C[C@H]2c2ccc(F)c(F)c2)n1. The maximum absolute atomic E-state index is 13.8. The van der Waals surface area contributed by atoms with Gasteiger partial charge in [0.25, 0.3) is 0 Å². The molecule has 2 saturated carbocycles. The normalized spacial score (nSPS) is 26.4. The molecule has 0 bridgehead atoms. The van der Waals surface area contributed by atoms with Gasteiger partial charge in [0, 0.05) is 24.8 Å². The van der Waals surface area contributed by atoms with Crippen LogP contribution in [0.3, 0.4) is 0 Å². The number of hydrogen-bond acceptors (Lipinski definition) is 11. The van der Waals surface area contributed by atoms with Crippen molar-refractivity contribution in [1.82, 2.24) is 9.97 Å². The smallest absolute Gasteiger partial charge is 0.353 e. The lowest BCUT2D eigenvalue weighted by atomic mass is 10.1. The standard InChI is InChI=1S/C24H31F2N5O6S/c1-3-8-38-24-28-22(27-16-11-18(37-7-6-32)21(34)20(16)33)19(31(35)36)23(29-24)30(2)17-10-13(17)12-4-5-14(25)15(26)9-12/h4-5,9,13,16-18,20-21,32-34H,3,6-8,10-11H2,1-2H3,(H,27,28,29)/t13-,16+,17+,18-,20-,21+/m0/s1. The van der Waals surface area contributed by atoms with Crippen molar-refractivity contribution in [3.63, 3.8) is 0 Å². The summed E-state index contributed by atoms with van der Waals surface area (Å²) in [6.45, 7) is 1.70. The Morgan fingerprint density at radius 1 is 1.24 bits per heavy atom. The first-order chi connectivity index (χ1) is 18.2. The van der Waals surface area contributed by atoms with E-state index in [1.165, 1.54) is 17.8 Å². The van der Waals surface area contributed by atoms with Crippen LogP contribution in [0.25, 0.3) is 0 Å². The number of benzene rings is 1. The number of halogens is 2. The minimum absolute atomic E-state index is 0.0257. The molecule has 1 aromatic heterocycles. The number of nitro groups is 1. The average molecular weight is 556 g/mol. The molecule has 1 aromatic carbocycles. The van der Waals surface area contributed by atoms with Gasteiger partial charge in [-0.2, -0.15) is 9.97 Å². The fourth-order valence-electron chi connectivity index (χ4n) is 4.74. The van der Waals surface area contributed by atoms with E-state index in [4.69, 9.17) is 9.84 Å². The van der Waals surface area contributed by atoms with Crippen LogP contribution in [0.2, 0.25) is 0 Å². The molecule has 1 heterocycles. The van der Waals surface area contributed by atoms with Crippen molar-refractivity contribution < 1.29 is 33.8 Å². The molecule has 11 nitrogen and oxygen atoms in total. The molecule has 4 N–H and O–H groups in total. The third kappa shape index (κ3) is 5.99. The molecule has 14 heteroatoms. The molecule has 208 valence electrons. The molecule has 0 amide bonds. The van der Waals surface area contributed by atoms with Gasteiger partial charge in [0.2, 0.25) is 11.6 Å². The molecule has 2 aliphatic rings. The number of nitrogens with one attached hydrogen (secondary N) is 1. The lowest BCUT2D eigenvalue weighted by molar-refractivity contribution is -0.383. The number of hydrogen-bond donors (Lipinski definition) is 4. The Morgan fingerprint density at radius 2 is 2.00 bits per heavy atom. The maximum Gasteiger partial charge on any atom is 0.353 e. The predicted octanol–water partition coefficient (Wildman–Crippen LogP) is 2.44. The van der Waals surface area contributed by atoms with Gasteiger partial charge in [-0.15, -0.1) is 0 Å². The quantitative estimate of drug-likeness (QED) is 0.132. The number of likely N-dealkylation sites (N-methyl/N-ethyl adjacent to an activating group) is 1. The van der Waals surface area contributed by atoms with E-state index in [2.05, 4.69) is 15.3 Å². The Morgan fingerprint density at radius 3 is 2.66 bits per heavy atom. The lowest BCUT2D eigenvalue weighted by Crippen LogP contribution is -2.37. The van der Waals surface area contributed by atoms with Crippen LogP contribution >= 0.6 is 11.8 Å². The maximum atomic E-state index is 13.8. The second-order valence-electron chi connectivity index (χ2n) is 9.43. The molecule has 0 saturated heterocycles. The zero-order valence-corrected chi connectivity index (χ0v) is 21.8. The van der Waals surface area contributed by atoms with Crippen LogP contribution in [-0.4, -0.2) is 86.6 Å². The minimum atomic E-state index is -1.29. The molecule has 2 fully saturated rings. The number of aliphatic hydroxyl groups is 3. The zero-order valence-electron chi connectivity index (χ0n) is 21.0. The van der Waals surface area contributed by atoms with Gasteiger partial charge in [-0.05, 0) is 37.0 Å². The molecule has 2 aromatic rings. The summed E-state index contributed by atoms with van der Waals surface area (Å²) in [6.07, 6.45) is -1.79. The fraction of sp³-hybridized carbons (Fsp3) is 0.583. The van der Waals surface area contributed by atoms with Crippen molar-refractivity contribution in [2.45, 2.75) is 67.7 Å². The highest BCUT2D eigenvalue weighted by Gasteiger charge is 2.46. The summed E-state index contributed by atoms with van der Waals surface area (Å²) in [5.74, 6) is -1.43. The van der Waals surface area contributed by atoms with Gasteiger partial charge in [0.1, 0.15) is 12.2 Å². The second-order valence-corrected chi connectivity index (χ2v) is 10.5. The molecule has 0 spiro atoms. The Hall–Kier alpha value is -2.65. The Labute approximate surface area is 222 Å². The van der Waals surface area contributed by atoms with Crippen LogP contribution in [0.4, 0.5) is 26.1 Å². The molecule has 38 heavy (non-hydrogen) atoms. The van der Waals surface area contributed by atoms with Crippen LogP contribution in [0, 0.1) is 21.7 Å². The van der Waals surface area contributed by atoms with Crippen molar-refractivity contribution in [3.8, 4) is 0 Å². The third-order valence-electron chi connectivity index (χ3n) is 6.80. The summed E-state index contributed by atoms with van der Waals surface area (Å²) in [5.41, 5.74) is 0.194. The summed E-state index contributed by atoms with van der Waals surface area (Å²) in [5, 5.41) is 45.4. The first kappa shape index (κ1) is 28.4. The average Bonchev–Trinajstić information content (AvgIpc) is 3.65. The number of ether oxygens (including phenoxy) is 1. The van der Waals surface area contributed by atoms with Gasteiger partial charge in [-0.25, -0.2) is 8.78 Å². The summed E-state index contributed by atoms with van der Waals surface area (Å²) in [6, 6.07) is 2.66. The monoisotopic (exact) mass is 555 g/mol. The number of nitrogens with zero attached hydrogens (tertiary/aromatic N) is 4. The molecule has 6 atom stereocenters. The molecular formula is C24H31F2N5O6S. The molecule has 2 aliphatic carbocycles. The molecule has 0 unspecified atom stereocenters. The highest BCUT2D eigenvalue weighted by Crippen LogP contribution is 2.48. The number of rotatable bonds is 12. The van der Waals surface area contributed by atoms with Gasteiger partial charge < -0.3 is 30.3 Å². The van der Waals surface area contributed by atoms with Gasteiger partial charge in [0.05, 0.1) is 30.3 Å². The van der Waals surface area contributed by atoms with Crippen LogP contribution in [0.1, 0.15) is 37.7 Å². The van der Waals surface area contributed by atoms with Gasteiger partial charge in [-0.3, -0.25) is 10.1 Å². The predicted molar refractivity (Wildman–Crippen MR) is 136 cm³/mol. The number of aliphatic hydroxyl groups excluding tert-OH is 3. The second kappa shape index (κ2) is 12.0. The van der Waals surface area contributed by atoms with E-state index in [9.17, 15) is 29.1 Å². The third-order valence-corrected chi connectivity index (χ3v) is 7.85. The van der Waals surface area contributed by atoms with E-state index in [1.54, 1.807) is 11.9 Å². The molecular weight excluding hydrogens is 524 g/mol. The minimum Gasteiger partial charge on any atom is -0.394 e. The zero-order chi connectivity index (χ0) is 27.6. The van der Waals surface area contributed by atoms with Gasteiger partial charge >= 0.3 is 5.69 Å². The first-order valence-electron chi connectivity index (χ1n) is 12.4. The van der Waals surface area contributed by atoms with Crippen molar-refractivity contribution in [2.24, 2.45) is 0 Å². The summed E-state index contributed by atoms with van der Waals surface area (Å²) in [7, 11) is 1.66. The van der Waals surface area contributed by atoms with Crippen LogP contribution in [0.5, 0.6) is 0 Å². The van der Waals surface area contributed by atoms with E-state index in [0.717, 1.165) is 18.6 Å². The molecule has 0 aliphatic heterocycles. The lowest BCUT2D eigenvalue weighted by Gasteiger charge is -2.22. The van der Waals surface area contributed by atoms with Gasteiger partial charge in [-0.1, -0.05) is 24.8 Å². The number of thioether (sulfide) groups is 1. The fourth-order valence-corrected chi connectivity index (χ4v) is 5.43. The van der Waals surface area contributed by atoms with Crippen molar-refractivity contribution in [1.29, 1.82) is 0 Å². The van der Waals surface area contributed by atoms with Crippen LogP contribution in [-0.2, 0) is 4.74 Å². The van der Waals surface area contributed by atoms with E-state index in [-0.39, 0.29) is 43.2 Å². The Kier molecular flexibility index (Phi) is 8.98. The van der Waals surface area contributed by atoms with E-state index >= 15 is 0 Å². The van der Waals surface area contributed by atoms with Crippen molar-refractivity contribution in [3.05, 3.63) is 45.5 Å². The van der Waals surface area contributed by atoms with E-state index in [1.807, 2.05) is 6.92 Å². The van der Waals surface area contributed by atoms with Gasteiger partial charge in [0.15, 0.2) is 16.8 Å². The van der Waals surface area contributed by atoms with Crippen LogP contribution < -0.4 is 10.2 Å². The summed E-state index contributed by atoms with van der Waals surface area (Å²) in [4.78, 5) is 22.2. The summed E-state index contributed by atoms with van der Waals surface area (Å²) < 4.78 is 32.6. The highest BCUT2D eigenvalue weighted by molar-refractivity contribution is 7.99. The summed E-state index contributed by atoms with van der Waals surface area (Å²) >= 11 is 1.32. The topological polar surface area (TPSA) is 154 Å². The van der Waals surface area contributed by atoms with Crippen molar-refractivity contribution >= 4 is 29.1 Å². The Bertz CT molecular complexity index is 1160. The number of aromatic nitrogens is 2. The molecule has 0 radical (unpaired) electrons. The Balaban J connectivity index is 1.64. The number of anilines is 2. The van der Waals surface area contributed by atoms with E-state index in [0.29, 0.717) is 22.9 Å². The first-order valence-corrected chi connectivity index (χ1v) is 13.4. The molecule has 4 rings (SSSR count). The van der Waals surface area contributed by atoms with E-state index < -0.39 is 46.6 Å². The largest absolute Gasteiger partial charge is 0.394 e. The van der Waals surface area contributed by atoms with Crippen molar-refractivity contribution in [2.75, 3.05) is 36.2 Å². The highest BCUT2D eigenvalue weighted by atomic mass is 32.2. The van der Waals surface area contributed by atoms with Crippen LogP contribution in [0.15, 0.2) is 23.4 Å².